The second-order valence-corrected chi connectivity index (χ2v) is 42.2. The Labute approximate surface area is 846 Å². The molecule has 1 amide bonds. The van der Waals surface area contributed by atoms with Gasteiger partial charge >= 0.3 is 0 Å². The van der Waals surface area contributed by atoms with Crippen molar-refractivity contribution in [1.29, 1.82) is 0 Å². The van der Waals surface area contributed by atoms with Crippen LogP contribution in [-0.2, 0) is 143 Å². The van der Waals surface area contributed by atoms with Gasteiger partial charge in [0.25, 0.3) is 7.82 Å². The molecule has 7 fully saturated rings. The fraction of sp³-hybridized carbons (Fsp3) is 0.673. The molecule has 13 rings (SSSR count). The van der Waals surface area contributed by atoms with Gasteiger partial charge in [-0.1, -0.05) is 317 Å². The summed E-state index contributed by atoms with van der Waals surface area (Å²) in [5.74, 6) is -2.78. The van der Waals surface area contributed by atoms with Crippen LogP contribution in [0.5, 0.6) is 0 Å². The summed E-state index contributed by atoms with van der Waals surface area (Å²) >= 11 is 0. The first-order chi connectivity index (χ1) is 68.6. The lowest BCUT2D eigenvalue weighted by Gasteiger charge is -2.53. The van der Waals surface area contributed by atoms with E-state index in [2.05, 4.69) is 138 Å². The first kappa shape index (κ1) is 114. The molecule has 0 aromatic heterocycles. The molecule has 0 spiro atoms. The van der Waals surface area contributed by atoms with Gasteiger partial charge in [0.1, 0.15) is 48.8 Å². The maximum Gasteiger partial charge on any atom is 0.268 e. The van der Waals surface area contributed by atoms with Crippen LogP contribution in [0.3, 0.4) is 0 Å². The molecular formula is C113H168N5O23P. The molecule has 142 heavy (non-hydrogen) atoms. The van der Waals surface area contributed by atoms with Gasteiger partial charge < -0.3 is 109 Å². The standard InChI is InChI=1S/C107H153N4O23P.C6H15N/c1-18-22-23-42-55-122-135(113,114)134-101-96(76(16)95(117-58-80-47-34-26-35-48-80)99(119-60-82-51-38-28-39-52-82)100(101)120-61-83-53-40-29-41-54-83)132-105-91(110-111-108)75(15)94(88(128-105)63-116-57-79-45-32-25-33-46-79)130-103-73(13)71(11)92(131-104-90(109-77(17)112)74(14)93(87(127-104)62-115-56-78-43-30-24-31-44-78)129-102-72(12)65(5)66(6)84(19-2)123-102)89(126-103)64-121-106-98(70(10)68(8)85(20-3)124-106)133-107-97(69(9)67(7)86(21-4)125-107)118-59-81-49-36-27-37-50-81;1-4-7(5-2)6-3/h24-41,43-54,65-76,84-107H,18-23,42,55-64H2,1-17H3,(H,109,112)(H,113,114);4-6H2,1-3H3/t65-,66-,67-,68-,69-,70-,71+,72?,73?,74+,75+,76?,84?,85?,86?,87?,88?,89?,90?,91?,92-,93+,94-,95?,96+,97?,98?,99+,100?,101-,102+,103+,104-,105+,106-,107+;/m0./s1. The van der Waals surface area contributed by atoms with Crippen molar-refractivity contribution in [3.8, 4) is 0 Å². The van der Waals surface area contributed by atoms with E-state index in [1.54, 1.807) is 4.90 Å². The zero-order valence-corrected chi connectivity index (χ0v) is 88.8. The third kappa shape index (κ3) is 31.1. The lowest BCUT2D eigenvalue weighted by atomic mass is 9.78. The van der Waals surface area contributed by atoms with E-state index in [-0.39, 0.29) is 125 Å². The van der Waals surface area contributed by atoms with E-state index >= 15 is 0 Å². The number of carbonyl (C=O) groups excluding carboxylic acids is 1. The number of azide groups is 1. The molecule has 29 heteroatoms. The number of rotatable bonds is 49. The number of nitrogens with one attached hydrogen (secondary N) is 2. The van der Waals surface area contributed by atoms with Gasteiger partial charge in [0.05, 0.1) is 147 Å². The third-order valence-electron chi connectivity index (χ3n) is 31.4. The van der Waals surface area contributed by atoms with Crippen molar-refractivity contribution >= 4 is 13.7 Å². The summed E-state index contributed by atoms with van der Waals surface area (Å²) in [5, 5.41) is 7.87. The zero-order chi connectivity index (χ0) is 102. The van der Waals surface area contributed by atoms with Crippen LogP contribution < -0.4 is 15.1 Å². The first-order valence-corrected chi connectivity index (χ1v) is 54.6. The second-order valence-electron chi connectivity index (χ2n) is 40.8. The van der Waals surface area contributed by atoms with Crippen molar-refractivity contribution in [2.45, 2.75) is 371 Å². The number of phosphoric ester groups is 1. The lowest BCUT2D eigenvalue weighted by molar-refractivity contribution is -0.894. The number of nitrogens with zero attached hydrogens (tertiary/aromatic N) is 3. The molecule has 0 bridgehead atoms. The van der Waals surface area contributed by atoms with Crippen LogP contribution in [-0.4, -0.2) is 199 Å². The highest BCUT2D eigenvalue weighted by Gasteiger charge is 2.59. The molecule has 6 aromatic rings. The van der Waals surface area contributed by atoms with Gasteiger partial charge in [-0.2, -0.15) is 0 Å². The third-order valence-corrected chi connectivity index (χ3v) is 32.4. The van der Waals surface area contributed by atoms with Gasteiger partial charge in [-0.3, -0.25) is 9.36 Å². The number of phosphoric acid groups is 1. The van der Waals surface area contributed by atoms with E-state index < -0.39 is 167 Å². The summed E-state index contributed by atoms with van der Waals surface area (Å²) < 4.78 is 158. The fourth-order valence-electron chi connectivity index (χ4n) is 21.5. The first-order valence-electron chi connectivity index (χ1n) is 53.1. The zero-order valence-electron chi connectivity index (χ0n) is 87.9. The summed E-state index contributed by atoms with van der Waals surface area (Å²) in [4.78, 5) is 34.1. The van der Waals surface area contributed by atoms with Crippen LogP contribution in [0.25, 0.3) is 10.4 Å². The molecule has 6 aliphatic heterocycles. The van der Waals surface area contributed by atoms with Gasteiger partial charge in [0.15, 0.2) is 37.7 Å². The van der Waals surface area contributed by atoms with Crippen molar-refractivity contribution in [1.82, 2.24) is 5.32 Å². The Bertz CT molecular complexity index is 4640. The minimum Gasteiger partial charge on any atom is -0.756 e. The van der Waals surface area contributed by atoms with E-state index in [0.717, 1.165) is 65.5 Å². The number of carbonyl (C=O) groups is 1. The van der Waals surface area contributed by atoms with Crippen molar-refractivity contribution < 1.29 is 113 Å². The number of unbranched alkanes of at least 4 members (excludes halogenated alkanes) is 3. The monoisotopic (exact) mass is 1990 g/mol. The van der Waals surface area contributed by atoms with Gasteiger partial charge in [-0.05, 0) is 133 Å². The predicted octanol–water partition coefficient (Wildman–Crippen LogP) is 19.5. The van der Waals surface area contributed by atoms with Gasteiger partial charge in [-0.25, -0.2) is 0 Å². The van der Waals surface area contributed by atoms with Crippen LogP contribution in [0.1, 0.15) is 217 Å². The lowest BCUT2D eigenvalue weighted by Crippen LogP contribution is -3.11. The maximum absolute atomic E-state index is 14.9. The van der Waals surface area contributed by atoms with Crippen molar-refractivity contribution in [2.75, 3.05) is 46.1 Å². The van der Waals surface area contributed by atoms with Crippen molar-refractivity contribution in [3.05, 3.63) is 226 Å². The fourth-order valence-corrected chi connectivity index (χ4v) is 22.4. The van der Waals surface area contributed by atoms with Gasteiger partial charge in [0, 0.05) is 35.5 Å². The van der Waals surface area contributed by atoms with E-state index in [1.165, 1.54) is 26.6 Å². The molecule has 28 nitrogen and oxygen atoms in total. The quantitative estimate of drug-likeness (QED) is 0.0118. The molecule has 16 unspecified atom stereocenters. The van der Waals surface area contributed by atoms with Crippen LogP contribution in [0.15, 0.2) is 187 Å². The van der Waals surface area contributed by atoms with Crippen molar-refractivity contribution in [3.63, 3.8) is 0 Å². The number of hydrogen-bond donors (Lipinski definition) is 2. The van der Waals surface area contributed by atoms with Crippen LogP contribution >= 0.6 is 7.82 Å². The Morgan fingerprint density at radius 1 is 0.359 bits per heavy atom. The molecule has 788 valence electrons. The Hall–Kier alpha value is -6.55. The number of amides is 1. The molecule has 1 saturated carbocycles. The summed E-state index contributed by atoms with van der Waals surface area (Å²) in [6.45, 7) is 46.6. The summed E-state index contributed by atoms with van der Waals surface area (Å²) in [6, 6.07) is 56.8. The molecule has 6 aromatic carbocycles. The molecule has 7 aliphatic rings. The van der Waals surface area contributed by atoms with Crippen LogP contribution in [0.2, 0.25) is 0 Å². The molecule has 2 N–H and O–H groups in total. The SMILES string of the molecule is CCCCCCOP(=O)([O-])O[C@@H]1C(OCc2ccccc2)[C@H](OCc2ccccc2)C(OCc2ccccc2)C(C)[C@H]1O[C@H]1OC(COCc2ccccc2)[C@@H](O[C@H]2OC(CO[C@H]3OC(CC)[C@@H](C)[C@H](C)C3O[C@H]3OC(CC)[C@@H](C)[C@H](C)C3OCc3ccccc3)[C@@H](O[C@@H]3OC(COCc4ccccc4)[C@H](O[C@H]4OC(CC)[C@@H](C)[C@H](C)C4C)[C@H](C)C3NC(C)=O)[C@H](C)C2C)[C@H](C)C1N=[N+]=[N-].CC[NH+](CC)CC. The molecule has 37 atom stereocenters. The molecule has 6 saturated heterocycles. The maximum atomic E-state index is 14.9. The van der Waals surface area contributed by atoms with Crippen LogP contribution in [0.4, 0.5) is 0 Å². The largest absolute Gasteiger partial charge is 0.756 e. The van der Waals surface area contributed by atoms with Gasteiger partial charge in [0.2, 0.25) is 5.91 Å². The van der Waals surface area contributed by atoms with E-state index in [0.29, 0.717) is 19.4 Å². The number of quaternary nitrogens is 1. The molecular weight excluding hydrogens is 1830 g/mol. The topological polar surface area (TPSA) is 307 Å². The molecule has 6 heterocycles. The Balaban J connectivity index is 0.00000248. The normalized spacial score (nSPS) is 35.3. The van der Waals surface area contributed by atoms with Crippen molar-refractivity contribution in [2.24, 2.45) is 76.1 Å². The van der Waals surface area contributed by atoms with Gasteiger partial charge in [-0.15, -0.1) is 0 Å². The number of benzene rings is 6. The smallest absolute Gasteiger partial charge is 0.268 e. The summed E-state index contributed by atoms with van der Waals surface area (Å²) in [7, 11) is -5.27. The summed E-state index contributed by atoms with van der Waals surface area (Å²) in [6.07, 6.45) is -13.9. The minimum atomic E-state index is -5.27. The molecule has 1 aliphatic carbocycles. The average molecular weight is 2000 g/mol. The highest BCUT2D eigenvalue weighted by molar-refractivity contribution is 7.45. The van der Waals surface area contributed by atoms with Crippen LogP contribution in [0, 0.1) is 71.0 Å². The number of hydrogen-bond acceptors (Lipinski definition) is 24. The Kier molecular flexibility index (Phi) is 46.1. The highest BCUT2D eigenvalue weighted by atomic mass is 31.2. The minimum absolute atomic E-state index is 0.00379. The highest BCUT2D eigenvalue weighted by Crippen LogP contribution is 2.51. The summed E-state index contributed by atoms with van der Waals surface area (Å²) in [5.41, 5.74) is 16.4. The number of ether oxygens (including phenoxy) is 18. The average Bonchev–Trinajstić information content (AvgIpc) is 0.735. The Morgan fingerprint density at radius 3 is 1.17 bits per heavy atom. The molecule has 0 radical (unpaired) electrons. The van der Waals surface area contributed by atoms with E-state index in [4.69, 9.17) is 94.3 Å². The predicted molar refractivity (Wildman–Crippen MR) is 541 cm³/mol. The van der Waals surface area contributed by atoms with E-state index in [1.807, 2.05) is 191 Å². The second kappa shape index (κ2) is 57.3. The van der Waals surface area contributed by atoms with E-state index in [9.17, 15) is 19.8 Å². The Morgan fingerprint density at radius 2 is 0.718 bits per heavy atom.